The largest absolute Gasteiger partial charge is 0.465 e. The van der Waals surface area contributed by atoms with E-state index in [1.54, 1.807) is 12.5 Å². The van der Waals surface area contributed by atoms with Crippen LogP contribution < -0.4 is 0 Å². The Bertz CT molecular complexity index is 899. The molecule has 2 unspecified atom stereocenters. The first-order valence-corrected chi connectivity index (χ1v) is 12.8. The Morgan fingerprint density at radius 2 is 1.11 bits per heavy atom. The van der Waals surface area contributed by atoms with Gasteiger partial charge in [0.15, 0.2) is 0 Å². The van der Waals surface area contributed by atoms with Gasteiger partial charge >= 0.3 is 0 Å². The monoisotopic (exact) mass is 376 g/mol. The fourth-order valence-electron chi connectivity index (χ4n) is 5.54. The Balaban J connectivity index is 1.83. The predicted molar refractivity (Wildman–Crippen MR) is 115 cm³/mol. The number of rotatable bonds is 4. The highest BCUT2D eigenvalue weighted by Crippen LogP contribution is 2.58. The standard InChI is InChI=1S/C24H28O2Si/c1-15-13-17(3)23(21(15)19-9-7-11-25-19)27(5,6)24-18(4)14-16(2)22(24)20-10-8-12-26-20/h7-14,23-24H,1-6H3. The van der Waals surface area contributed by atoms with E-state index in [9.17, 15) is 0 Å². The molecule has 0 amide bonds. The molecule has 2 aliphatic rings. The van der Waals surface area contributed by atoms with Gasteiger partial charge in [-0.3, -0.25) is 0 Å². The van der Waals surface area contributed by atoms with Crippen molar-refractivity contribution in [2.45, 2.75) is 51.9 Å². The first-order chi connectivity index (χ1) is 12.8. The van der Waals surface area contributed by atoms with Crippen molar-refractivity contribution in [3.05, 3.63) is 82.8 Å². The van der Waals surface area contributed by atoms with Crippen LogP contribution in [-0.4, -0.2) is 8.07 Å². The molecule has 2 aromatic heterocycles. The van der Waals surface area contributed by atoms with Gasteiger partial charge in [0.2, 0.25) is 0 Å². The van der Waals surface area contributed by atoms with Crippen molar-refractivity contribution in [3.8, 4) is 0 Å². The zero-order valence-corrected chi connectivity index (χ0v) is 18.1. The Labute approximate surface area is 163 Å². The van der Waals surface area contributed by atoms with Crippen molar-refractivity contribution in [1.29, 1.82) is 0 Å². The molecule has 0 aromatic carbocycles. The molecular formula is C24H28O2Si. The Morgan fingerprint density at radius 1 is 0.704 bits per heavy atom. The van der Waals surface area contributed by atoms with E-state index in [0.29, 0.717) is 11.1 Å². The molecule has 140 valence electrons. The third kappa shape index (κ3) is 2.76. The van der Waals surface area contributed by atoms with Crippen LogP contribution in [0.3, 0.4) is 0 Å². The Morgan fingerprint density at radius 3 is 1.44 bits per heavy atom. The van der Waals surface area contributed by atoms with Crippen molar-refractivity contribution >= 4 is 19.2 Å². The quantitative estimate of drug-likeness (QED) is 0.517. The maximum absolute atomic E-state index is 5.86. The molecule has 0 aliphatic heterocycles. The third-order valence-electron chi connectivity index (χ3n) is 6.29. The van der Waals surface area contributed by atoms with E-state index in [4.69, 9.17) is 8.83 Å². The molecule has 2 heterocycles. The lowest BCUT2D eigenvalue weighted by Gasteiger charge is -2.40. The molecular weight excluding hydrogens is 348 g/mol. The van der Waals surface area contributed by atoms with Gasteiger partial charge < -0.3 is 8.83 Å². The van der Waals surface area contributed by atoms with Crippen LogP contribution in [-0.2, 0) is 0 Å². The molecule has 0 spiro atoms. The van der Waals surface area contributed by atoms with E-state index in [-0.39, 0.29) is 0 Å². The lowest BCUT2D eigenvalue weighted by Crippen LogP contribution is -2.39. The van der Waals surface area contributed by atoms with E-state index >= 15 is 0 Å². The fraction of sp³-hybridized carbons (Fsp3) is 0.333. The van der Waals surface area contributed by atoms with Gasteiger partial charge in [-0.1, -0.05) is 36.4 Å². The van der Waals surface area contributed by atoms with Crippen molar-refractivity contribution < 1.29 is 8.83 Å². The molecule has 0 N–H and O–H groups in total. The minimum atomic E-state index is -1.86. The van der Waals surface area contributed by atoms with Crippen LogP contribution in [0.25, 0.3) is 11.1 Å². The van der Waals surface area contributed by atoms with Crippen molar-refractivity contribution in [2.24, 2.45) is 0 Å². The Hall–Kier alpha value is -2.26. The molecule has 2 atom stereocenters. The summed E-state index contributed by atoms with van der Waals surface area (Å²) in [4.78, 5) is 0. The number of hydrogen-bond acceptors (Lipinski definition) is 2. The minimum Gasteiger partial charge on any atom is -0.465 e. The zero-order chi connectivity index (χ0) is 19.3. The number of allylic oxidation sites excluding steroid dienone is 8. The molecule has 0 saturated heterocycles. The van der Waals surface area contributed by atoms with Crippen LogP contribution in [0.2, 0.25) is 24.2 Å². The normalized spacial score (nSPS) is 23.3. The van der Waals surface area contributed by atoms with E-state index in [0.717, 1.165) is 11.5 Å². The topological polar surface area (TPSA) is 26.3 Å². The highest BCUT2D eigenvalue weighted by atomic mass is 28.3. The van der Waals surface area contributed by atoms with Crippen LogP contribution in [0.1, 0.15) is 39.2 Å². The van der Waals surface area contributed by atoms with Gasteiger partial charge in [-0.2, -0.15) is 0 Å². The number of hydrogen-bond donors (Lipinski definition) is 0. The average Bonchev–Trinajstić information content (AvgIpc) is 3.34. The summed E-state index contributed by atoms with van der Waals surface area (Å²) >= 11 is 0. The van der Waals surface area contributed by atoms with Gasteiger partial charge in [-0.15, -0.1) is 0 Å². The fourth-order valence-corrected chi connectivity index (χ4v) is 10.6. The first-order valence-electron chi connectivity index (χ1n) is 9.68. The van der Waals surface area contributed by atoms with Gasteiger partial charge in [-0.05, 0) is 63.1 Å². The molecule has 0 bridgehead atoms. The number of furan rings is 2. The Kier molecular flexibility index (Phi) is 4.30. The first kappa shape index (κ1) is 18.1. The smallest absolute Gasteiger partial charge is 0.130 e. The van der Waals surface area contributed by atoms with Gasteiger partial charge in [-0.25, -0.2) is 0 Å². The summed E-state index contributed by atoms with van der Waals surface area (Å²) in [6.07, 6.45) is 8.28. The van der Waals surface area contributed by atoms with E-state index in [1.807, 2.05) is 12.1 Å². The average molecular weight is 377 g/mol. The van der Waals surface area contributed by atoms with Gasteiger partial charge in [0.1, 0.15) is 11.5 Å². The maximum Gasteiger partial charge on any atom is 0.130 e. The summed E-state index contributed by atoms with van der Waals surface area (Å²) < 4.78 is 11.7. The molecule has 0 saturated carbocycles. The van der Waals surface area contributed by atoms with Crippen molar-refractivity contribution in [1.82, 2.24) is 0 Å². The van der Waals surface area contributed by atoms with Crippen LogP contribution in [0.15, 0.2) is 80.1 Å². The second-order valence-corrected chi connectivity index (χ2v) is 13.4. The lowest BCUT2D eigenvalue weighted by atomic mass is 10.1. The molecule has 2 aromatic rings. The van der Waals surface area contributed by atoms with Crippen molar-refractivity contribution in [2.75, 3.05) is 0 Å². The zero-order valence-electron chi connectivity index (χ0n) is 17.1. The summed E-state index contributed by atoms with van der Waals surface area (Å²) in [5.74, 6) is 2.04. The van der Waals surface area contributed by atoms with E-state index in [2.05, 4.69) is 65.1 Å². The van der Waals surface area contributed by atoms with Gasteiger partial charge in [0.25, 0.3) is 0 Å². The molecule has 27 heavy (non-hydrogen) atoms. The summed E-state index contributed by atoms with van der Waals surface area (Å²) in [7, 11) is -1.86. The molecule has 2 nitrogen and oxygen atoms in total. The van der Waals surface area contributed by atoms with E-state index in [1.165, 1.54) is 33.4 Å². The molecule has 2 aliphatic carbocycles. The lowest BCUT2D eigenvalue weighted by molar-refractivity contribution is 0.550. The summed E-state index contributed by atoms with van der Waals surface area (Å²) in [6.45, 7) is 14.1. The molecule has 0 fully saturated rings. The van der Waals surface area contributed by atoms with Crippen LogP contribution in [0, 0.1) is 0 Å². The second kappa shape index (κ2) is 6.41. The molecule has 3 heteroatoms. The van der Waals surface area contributed by atoms with Gasteiger partial charge in [0.05, 0.1) is 20.6 Å². The third-order valence-corrected chi connectivity index (χ3v) is 10.8. The SMILES string of the molecule is CC1=CC(C)=C(c2ccco2)C1[Si](C)(C)C1C(C)=CC(C)=C1c1ccco1. The summed E-state index contributed by atoms with van der Waals surface area (Å²) in [6, 6.07) is 8.20. The predicted octanol–water partition coefficient (Wildman–Crippen LogP) is 7.49. The molecule has 0 radical (unpaired) electrons. The second-order valence-electron chi connectivity index (χ2n) is 8.61. The van der Waals surface area contributed by atoms with Crippen LogP contribution in [0.5, 0.6) is 0 Å². The highest BCUT2D eigenvalue weighted by molar-refractivity contribution is 6.85. The van der Waals surface area contributed by atoms with Crippen LogP contribution in [0.4, 0.5) is 0 Å². The van der Waals surface area contributed by atoms with Gasteiger partial charge in [0, 0.05) is 22.2 Å². The summed E-state index contributed by atoms with van der Waals surface area (Å²) in [5, 5.41) is 0. The minimum absolute atomic E-state index is 0.438. The van der Waals surface area contributed by atoms with Crippen molar-refractivity contribution in [3.63, 3.8) is 0 Å². The van der Waals surface area contributed by atoms with Crippen LogP contribution >= 0.6 is 0 Å². The molecule has 4 rings (SSSR count). The summed E-state index contributed by atoms with van der Waals surface area (Å²) in [5.41, 5.74) is 9.25. The van der Waals surface area contributed by atoms with E-state index < -0.39 is 8.07 Å². The maximum atomic E-state index is 5.86. The highest BCUT2D eigenvalue weighted by Gasteiger charge is 2.49.